The zero-order chi connectivity index (χ0) is 11.3. The summed E-state index contributed by atoms with van der Waals surface area (Å²) in [5, 5.41) is 3.09. The minimum Gasteiger partial charge on any atom is -0.465 e. The van der Waals surface area contributed by atoms with Crippen molar-refractivity contribution in [3.05, 3.63) is 29.3 Å². The van der Waals surface area contributed by atoms with Gasteiger partial charge in [0.1, 0.15) is 6.54 Å². The number of rotatable bonds is 4. The number of hydrogen-bond donors (Lipinski definition) is 1. The summed E-state index contributed by atoms with van der Waals surface area (Å²) in [7, 11) is 0. The van der Waals surface area contributed by atoms with Gasteiger partial charge in [-0.2, -0.15) is 0 Å². The molecule has 15 heavy (non-hydrogen) atoms. The van der Waals surface area contributed by atoms with E-state index >= 15 is 0 Å². The fourth-order valence-electron chi connectivity index (χ4n) is 1.47. The van der Waals surface area contributed by atoms with Crippen LogP contribution in [0.1, 0.15) is 18.1 Å². The van der Waals surface area contributed by atoms with E-state index in [0.717, 1.165) is 16.8 Å². The van der Waals surface area contributed by atoms with E-state index < -0.39 is 0 Å². The number of anilines is 1. The van der Waals surface area contributed by atoms with Crippen molar-refractivity contribution in [1.29, 1.82) is 0 Å². The third-order valence-electron chi connectivity index (χ3n) is 2.20. The molecule has 3 nitrogen and oxygen atoms in total. The highest BCUT2D eigenvalue weighted by molar-refractivity contribution is 5.76. The number of ether oxygens (including phenoxy) is 1. The number of carbonyl (C=O) groups is 1. The van der Waals surface area contributed by atoms with E-state index in [1.165, 1.54) is 0 Å². The van der Waals surface area contributed by atoms with E-state index in [1.54, 1.807) is 6.92 Å². The van der Waals surface area contributed by atoms with Gasteiger partial charge in [-0.3, -0.25) is 4.79 Å². The minimum absolute atomic E-state index is 0.222. The first-order valence-corrected chi connectivity index (χ1v) is 5.11. The number of nitrogens with one attached hydrogen (secondary N) is 1. The molecule has 0 atom stereocenters. The largest absolute Gasteiger partial charge is 0.465 e. The van der Waals surface area contributed by atoms with Crippen LogP contribution in [0.3, 0.4) is 0 Å². The van der Waals surface area contributed by atoms with Crippen LogP contribution < -0.4 is 5.32 Å². The van der Waals surface area contributed by atoms with Crippen LogP contribution in [0.2, 0.25) is 0 Å². The van der Waals surface area contributed by atoms with Crippen molar-refractivity contribution in [2.75, 3.05) is 18.5 Å². The lowest BCUT2D eigenvalue weighted by atomic mass is 10.1. The molecule has 82 valence electrons. The van der Waals surface area contributed by atoms with E-state index in [0.29, 0.717) is 6.61 Å². The second kappa shape index (κ2) is 5.39. The number of hydrogen-bond acceptors (Lipinski definition) is 3. The van der Waals surface area contributed by atoms with E-state index in [-0.39, 0.29) is 12.5 Å². The number of esters is 1. The standard InChI is InChI=1S/C12H17NO2/c1-4-15-11(14)8-13-12-9(2)6-5-7-10(12)3/h5-7,13H,4,8H2,1-3H3. The van der Waals surface area contributed by atoms with Gasteiger partial charge < -0.3 is 10.1 Å². The van der Waals surface area contributed by atoms with Gasteiger partial charge in [0.15, 0.2) is 0 Å². The van der Waals surface area contributed by atoms with Gasteiger partial charge >= 0.3 is 5.97 Å². The Morgan fingerprint density at radius 2 is 1.93 bits per heavy atom. The lowest BCUT2D eigenvalue weighted by molar-refractivity contribution is -0.140. The van der Waals surface area contributed by atoms with Crippen molar-refractivity contribution in [2.45, 2.75) is 20.8 Å². The number of aryl methyl sites for hydroxylation is 2. The quantitative estimate of drug-likeness (QED) is 0.770. The molecule has 0 bridgehead atoms. The Kier molecular flexibility index (Phi) is 4.16. The van der Waals surface area contributed by atoms with Crippen LogP contribution in [0.25, 0.3) is 0 Å². The van der Waals surface area contributed by atoms with Crippen LogP contribution in [0.5, 0.6) is 0 Å². The van der Waals surface area contributed by atoms with E-state index in [1.807, 2.05) is 32.0 Å². The van der Waals surface area contributed by atoms with E-state index in [4.69, 9.17) is 4.74 Å². The van der Waals surface area contributed by atoms with E-state index in [9.17, 15) is 4.79 Å². The summed E-state index contributed by atoms with van der Waals surface area (Å²) in [6, 6.07) is 6.03. The molecule has 0 unspecified atom stereocenters. The Balaban J connectivity index is 2.61. The lowest BCUT2D eigenvalue weighted by Crippen LogP contribution is -2.17. The van der Waals surface area contributed by atoms with Crippen LogP contribution in [0, 0.1) is 13.8 Å². The molecule has 0 spiro atoms. The van der Waals surface area contributed by atoms with Gasteiger partial charge in [0.25, 0.3) is 0 Å². The zero-order valence-corrected chi connectivity index (χ0v) is 9.46. The van der Waals surface area contributed by atoms with E-state index in [2.05, 4.69) is 5.32 Å². The molecular weight excluding hydrogens is 190 g/mol. The highest BCUT2D eigenvalue weighted by Crippen LogP contribution is 2.18. The van der Waals surface area contributed by atoms with Gasteiger partial charge in [0.2, 0.25) is 0 Å². The third kappa shape index (κ3) is 3.27. The summed E-state index contributed by atoms with van der Waals surface area (Å²) in [4.78, 5) is 11.2. The Labute approximate surface area is 90.4 Å². The molecule has 3 heteroatoms. The number of para-hydroxylation sites is 1. The summed E-state index contributed by atoms with van der Waals surface area (Å²) in [6.45, 7) is 6.48. The van der Waals surface area contributed by atoms with Crippen LogP contribution >= 0.6 is 0 Å². The zero-order valence-electron chi connectivity index (χ0n) is 9.46. The molecule has 0 heterocycles. The normalized spacial score (nSPS) is 9.80. The summed E-state index contributed by atoms with van der Waals surface area (Å²) in [5.41, 5.74) is 3.30. The molecule has 0 saturated carbocycles. The molecule has 1 N–H and O–H groups in total. The first-order chi connectivity index (χ1) is 7.15. The molecule has 0 aromatic heterocycles. The molecule has 0 fully saturated rings. The summed E-state index contributed by atoms with van der Waals surface area (Å²) < 4.78 is 4.84. The third-order valence-corrected chi connectivity index (χ3v) is 2.20. The maximum atomic E-state index is 11.2. The van der Waals surface area contributed by atoms with Crippen molar-refractivity contribution in [3.63, 3.8) is 0 Å². The van der Waals surface area contributed by atoms with Crippen LogP contribution in [-0.2, 0) is 9.53 Å². The first kappa shape index (κ1) is 11.6. The van der Waals surface area contributed by atoms with Gasteiger partial charge in [-0.15, -0.1) is 0 Å². The fraction of sp³-hybridized carbons (Fsp3) is 0.417. The minimum atomic E-state index is -0.222. The van der Waals surface area contributed by atoms with Crippen molar-refractivity contribution >= 4 is 11.7 Å². The highest BCUT2D eigenvalue weighted by Gasteiger charge is 2.04. The summed E-state index contributed by atoms with van der Waals surface area (Å²) in [5.74, 6) is -0.222. The highest BCUT2D eigenvalue weighted by atomic mass is 16.5. The van der Waals surface area contributed by atoms with Gasteiger partial charge in [-0.05, 0) is 31.9 Å². The molecule has 1 aromatic carbocycles. The fourth-order valence-corrected chi connectivity index (χ4v) is 1.47. The van der Waals surface area contributed by atoms with Crippen LogP contribution in [0.15, 0.2) is 18.2 Å². The second-order valence-electron chi connectivity index (χ2n) is 3.43. The van der Waals surface area contributed by atoms with Crippen molar-refractivity contribution in [2.24, 2.45) is 0 Å². The monoisotopic (exact) mass is 207 g/mol. The summed E-state index contributed by atoms with van der Waals surface area (Å²) >= 11 is 0. The predicted octanol–water partition coefficient (Wildman–Crippen LogP) is 2.28. The Hall–Kier alpha value is -1.51. The maximum absolute atomic E-state index is 11.2. The molecule has 1 rings (SSSR count). The molecular formula is C12H17NO2. The van der Waals surface area contributed by atoms with Crippen molar-refractivity contribution in [1.82, 2.24) is 0 Å². The predicted molar refractivity (Wildman–Crippen MR) is 61.0 cm³/mol. The second-order valence-corrected chi connectivity index (χ2v) is 3.43. The van der Waals surface area contributed by atoms with Crippen molar-refractivity contribution in [3.8, 4) is 0 Å². The lowest BCUT2D eigenvalue weighted by Gasteiger charge is -2.11. The van der Waals surface area contributed by atoms with Crippen LogP contribution in [0.4, 0.5) is 5.69 Å². The van der Waals surface area contributed by atoms with Crippen molar-refractivity contribution < 1.29 is 9.53 Å². The van der Waals surface area contributed by atoms with Gasteiger partial charge in [-0.1, -0.05) is 18.2 Å². The Morgan fingerprint density at radius 1 is 1.33 bits per heavy atom. The molecule has 0 aliphatic rings. The average Bonchev–Trinajstić information content (AvgIpc) is 2.17. The molecule has 0 saturated heterocycles. The van der Waals surface area contributed by atoms with Gasteiger partial charge in [0.05, 0.1) is 6.61 Å². The first-order valence-electron chi connectivity index (χ1n) is 5.11. The number of benzene rings is 1. The van der Waals surface area contributed by atoms with Crippen LogP contribution in [-0.4, -0.2) is 19.1 Å². The molecule has 0 radical (unpaired) electrons. The summed E-state index contributed by atoms with van der Waals surface area (Å²) in [6.07, 6.45) is 0. The molecule has 0 amide bonds. The van der Waals surface area contributed by atoms with Gasteiger partial charge in [0, 0.05) is 5.69 Å². The average molecular weight is 207 g/mol. The molecule has 1 aromatic rings. The Morgan fingerprint density at radius 3 is 2.47 bits per heavy atom. The molecule has 0 aliphatic heterocycles. The topological polar surface area (TPSA) is 38.3 Å². The number of carbonyl (C=O) groups excluding carboxylic acids is 1. The Bertz CT molecular complexity index is 327. The SMILES string of the molecule is CCOC(=O)CNc1c(C)cccc1C. The smallest absolute Gasteiger partial charge is 0.325 e. The van der Waals surface area contributed by atoms with Gasteiger partial charge in [-0.25, -0.2) is 0 Å². The maximum Gasteiger partial charge on any atom is 0.325 e. The molecule has 0 aliphatic carbocycles.